The molecule has 1 aromatic carbocycles. The molecule has 2 heteroatoms. The highest BCUT2D eigenvalue weighted by Crippen LogP contribution is 2.37. The Balaban J connectivity index is 0.00000232. The molecule has 0 fully saturated rings. The van der Waals surface area contributed by atoms with Crippen molar-refractivity contribution in [3.05, 3.63) is 53.3 Å². The van der Waals surface area contributed by atoms with Crippen LogP contribution in [-0.4, -0.2) is 10.4 Å². The number of aliphatic hydroxyl groups is 1. The molecule has 1 N–H and O–H groups in total. The summed E-state index contributed by atoms with van der Waals surface area (Å²) in [6.45, 7) is 14.7. The summed E-state index contributed by atoms with van der Waals surface area (Å²) in [6, 6.07) is 8.44. The molecule has 0 radical (unpaired) electrons. The summed E-state index contributed by atoms with van der Waals surface area (Å²) in [5.74, 6) is 1.08. The van der Waals surface area contributed by atoms with Gasteiger partial charge in [-0.2, -0.15) is 0 Å². The van der Waals surface area contributed by atoms with Gasteiger partial charge < -0.3 is 5.11 Å². The Morgan fingerprint density at radius 3 is 2.30 bits per heavy atom. The van der Waals surface area contributed by atoms with Crippen molar-refractivity contribution in [1.29, 1.82) is 0 Å². The van der Waals surface area contributed by atoms with Gasteiger partial charge in [-0.15, -0.1) is 11.8 Å². The van der Waals surface area contributed by atoms with Gasteiger partial charge in [0.15, 0.2) is 0 Å². The van der Waals surface area contributed by atoms with E-state index in [1.165, 1.54) is 16.0 Å². The number of aliphatic hydroxyl groups excluding tert-OH is 1. The second kappa shape index (κ2) is 12.3. The molecule has 0 spiro atoms. The van der Waals surface area contributed by atoms with E-state index in [1.807, 2.05) is 19.9 Å². The monoisotopic (exact) mass is 334 g/mol. The average Bonchev–Trinajstić information content (AvgIpc) is 2.54. The van der Waals surface area contributed by atoms with Crippen LogP contribution in [0.15, 0.2) is 42.2 Å². The van der Waals surface area contributed by atoms with E-state index in [1.54, 1.807) is 11.8 Å². The van der Waals surface area contributed by atoms with Crippen LogP contribution in [0.2, 0.25) is 0 Å². The van der Waals surface area contributed by atoms with Crippen molar-refractivity contribution in [1.82, 2.24) is 0 Å². The number of hydrogen-bond acceptors (Lipinski definition) is 2. The molecule has 1 nitrogen and oxygen atoms in total. The van der Waals surface area contributed by atoms with Gasteiger partial charge in [0.05, 0.1) is 5.25 Å². The summed E-state index contributed by atoms with van der Waals surface area (Å²) < 4.78 is 0. The Bertz CT molecular complexity index is 500. The second-order valence-corrected chi connectivity index (χ2v) is 6.99. The third kappa shape index (κ3) is 7.78. The highest BCUT2D eigenvalue weighted by Gasteiger charge is 2.19. The Morgan fingerprint density at radius 1 is 1.22 bits per heavy atom. The lowest BCUT2D eigenvalue weighted by molar-refractivity contribution is 0.375. The number of allylic oxidation sites excluding steroid dienone is 2. The van der Waals surface area contributed by atoms with Crippen LogP contribution in [-0.2, 0) is 0 Å². The molecule has 0 aliphatic carbocycles. The molecule has 0 heterocycles. The van der Waals surface area contributed by atoms with E-state index >= 15 is 0 Å². The Hall–Kier alpha value is -1.15. The fourth-order valence-corrected chi connectivity index (χ4v) is 3.78. The van der Waals surface area contributed by atoms with Crippen molar-refractivity contribution >= 4 is 16.7 Å². The highest BCUT2D eigenvalue weighted by molar-refractivity contribution is 8.09. The van der Waals surface area contributed by atoms with E-state index in [4.69, 9.17) is 0 Å². The Morgan fingerprint density at radius 2 is 1.83 bits per heavy atom. The summed E-state index contributed by atoms with van der Waals surface area (Å²) in [6.07, 6.45) is 5.94. The van der Waals surface area contributed by atoms with Gasteiger partial charge in [0.25, 0.3) is 0 Å². The molecule has 0 amide bonds. The van der Waals surface area contributed by atoms with Gasteiger partial charge in [0, 0.05) is 4.91 Å². The normalized spacial score (nSPS) is 13.6. The zero-order chi connectivity index (χ0) is 17.8. The lowest BCUT2D eigenvalue weighted by Gasteiger charge is -2.21. The molecule has 0 aliphatic heterocycles. The maximum absolute atomic E-state index is 10.3. The minimum atomic E-state index is 0.135. The molecule has 130 valence electrons. The Labute approximate surface area is 147 Å². The molecule has 0 aliphatic rings. The van der Waals surface area contributed by atoms with E-state index in [-0.39, 0.29) is 5.25 Å². The lowest BCUT2D eigenvalue weighted by Crippen LogP contribution is -2.10. The SMILES string of the molecule is C/C=C(/S[C@@H](CC(C)C)/C(O)=C\CC)c1ccccc1C.CC. The molecule has 1 aromatic rings. The molecular weight excluding hydrogens is 300 g/mol. The maximum atomic E-state index is 10.3. The third-order valence-corrected chi connectivity index (χ3v) is 4.80. The smallest absolute Gasteiger partial charge is 0.102 e. The van der Waals surface area contributed by atoms with Gasteiger partial charge in [-0.3, -0.25) is 0 Å². The first-order chi connectivity index (χ1) is 11.0. The molecule has 0 saturated carbocycles. The van der Waals surface area contributed by atoms with Crippen molar-refractivity contribution in [2.45, 2.75) is 66.6 Å². The van der Waals surface area contributed by atoms with Crippen molar-refractivity contribution in [2.75, 3.05) is 0 Å². The summed E-state index contributed by atoms with van der Waals surface area (Å²) in [5, 5.41) is 10.5. The third-order valence-electron chi connectivity index (χ3n) is 3.37. The fourth-order valence-electron chi connectivity index (χ4n) is 2.29. The van der Waals surface area contributed by atoms with E-state index in [2.05, 4.69) is 65.0 Å². The molecule has 0 aromatic heterocycles. The number of benzene rings is 1. The quantitative estimate of drug-likeness (QED) is 0.525. The number of rotatable bonds is 7. The summed E-state index contributed by atoms with van der Waals surface area (Å²) in [7, 11) is 0. The van der Waals surface area contributed by atoms with E-state index in [9.17, 15) is 5.11 Å². The van der Waals surface area contributed by atoms with E-state index in [0.29, 0.717) is 11.7 Å². The number of hydrogen-bond donors (Lipinski definition) is 1. The minimum absolute atomic E-state index is 0.135. The predicted molar refractivity (Wildman–Crippen MR) is 108 cm³/mol. The first-order valence-electron chi connectivity index (χ1n) is 8.77. The maximum Gasteiger partial charge on any atom is 0.102 e. The van der Waals surface area contributed by atoms with Crippen molar-refractivity contribution in [3.63, 3.8) is 0 Å². The molecular formula is C21H34OS. The summed E-state index contributed by atoms with van der Waals surface area (Å²) in [5.41, 5.74) is 2.54. The molecule has 0 bridgehead atoms. The molecule has 0 unspecified atom stereocenters. The number of aryl methyl sites for hydroxylation is 1. The van der Waals surface area contributed by atoms with Crippen LogP contribution >= 0.6 is 11.8 Å². The van der Waals surface area contributed by atoms with Crippen LogP contribution in [0.1, 0.15) is 65.5 Å². The van der Waals surface area contributed by atoms with E-state index < -0.39 is 0 Å². The van der Waals surface area contributed by atoms with Crippen LogP contribution in [0.4, 0.5) is 0 Å². The zero-order valence-corrected chi connectivity index (χ0v) is 16.7. The highest BCUT2D eigenvalue weighted by atomic mass is 32.2. The fraction of sp³-hybridized carbons (Fsp3) is 0.524. The van der Waals surface area contributed by atoms with Crippen molar-refractivity contribution in [3.8, 4) is 0 Å². The number of thioether (sulfide) groups is 1. The topological polar surface area (TPSA) is 20.2 Å². The van der Waals surface area contributed by atoms with Gasteiger partial charge in [-0.1, -0.05) is 65.0 Å². The summed E-state index contributed by atoms with van der Waals surface area (Å²) >= 11 is 1.78. The van der Waals surface area contributed by atoms with Gasteiger partial charge in [-0.05, 0) is 49.8 Å². The molecule has 0 saturated heterocycles. The molecule has 1 rings (SSSR count). The van der Waals surface area contributed by atoms with Gasteiger partial charge in [0.2, 0.25) is 0 Å². The average molecular weight is 335 g/mol. The second-order valence-electron chi connectivity index (χ2n) is 5.74. The largest absolute Gasteiger partial charge is 0.511 e. The first-order valence-corrected chi connectivity index (χ1v) is 9.65. The molecule has 23 heavy (non-hydrogen) atoms. The standard InChI is InChI=1S/C19H28OS.C2H6/c1-6-10-17(20)19(13-14(3)4)21-18(7-2)16-12-9-8-11-15(16)5;1-2/h7-12,14,19-20H,6,13H2,1-5H3;1-2H3/b17-10+,18-7+;/t19-;/m0./s1. The van der Waals surface area contributed by atoms with Crippen LogP contribution in [0.3, 0.4) is 0 Å². The summed E-state index contributed by atoms with van der Waals surface area (Å²) in [4.78, 5) is 1.25. The predicted octanol–water partition coefficient (Wildman–Crippen LogP) is 7.38. The van der Waals surface area contributed by atoms with Crippen LogP contribution < -0.4 is 0 Å². The van der Waals surface area contributed by atoms with Crippen LogP contribution in [0.5, 0.6) is 0 Å². The first kappa shape index (κ1) is 21.9. The van der Waals surface area contributed by atoms with Gasteiger partial charge >= 0.3 is 0 Å². The zero-order valence-electron chi connectivity index (χ0n) is 15.9. The van der Waals surface area contributed by atoms with E-state index in [0.717, 1.165) is 12.8 Å². The molecule has 1 atom stereocenters. The Kier molecular flexibility index (Phi) is 11.7. The van der Waals surface area contributed by atoms with Gasteiger partial charge in [0.1, 0.15) is 5.76 Å². The van der Waals surface area contributed by atoms with Crippen molar-refractivity contribution < 1.29 is 5.11 Å². The van der Waals surface area contributed by atoms with Crippen LogP contribution in [0, 0.1) is 12.8 Å². The minimum Gasteiger partial charge on any atom is -0.511 e. The van der Waals surface area contributed by atoms with Crippen LogP contribution in [0.25, 0.3) is 4.91 Å². The lowest BCUT2D eigenvalue weighted by atomic mass is 10.1. The van der Waals surface area contributed by atoms with Crippen molar-refractivity contribution in [2.24, 2.45) is 5.92 Å². The van der Waals surface area contributed by atoms with Gasteiger partial charge in [-0.25, -0.2) is 0 Å².